The van der Waals surface area contributed by atoms with E-state index in [1.54, 1.807) is 0 Å². The first-order valence-corrected chi connectivity index (χ1v) is 14.3. The average molecular weight is 473 g/mol. The Balaban J connectivity index is 1.23. The molecule has 5 aromatic rings. The van der Waals surface area contributed by atoms with Crippen LogP contribution in [0.1, 0.15) is 76.7 Å². The van der Waals surface area contributed by atoms with Gasteiger partial charge in [0.2, 0.25) is 0 Å². The summed E-state index contributed by atoms with van der Waals surface area (Å²) in [5, 5.41) is 7.98. The van der Waals surface area contributed by atoms with E-state index in [0.29, 0.717) is 0 Å². The van der Waals surface area contributed by atoms with Crippen LogP contribution in [0.25, 0.3) is 43.4 Å². The van der Waals surface area contributed by atoms with Crippen LogP contribution in [0.5, 0.6) is 0 Å². The summed E-state index contributed by atoms with van der Waals surface area (Å²) in [6, 6.07) is 34.0. The minimum absolute atomic E-state index is 1.20. The Morgan fingerprint density at radius 2 is 0.917 bits per heavy atom. The van der Waals surface area contributed by atoms with Crippen LogP contribution in [-0.2, 0) is 6.42 Å². The van der Waals surface area contributed by atoms with Gasteiger partial charge < -0.3 is 0 Å². The normalized spacial score (nSPS) is 11.6. The predicted octanol–water partition coefficient (Wildman–Crippen LogP) is 11.3. The molecule has 0 aromatic heterocycles. The van der Waals surface area contributed by atoms with Gasteiger partial charge in [-0.15, -0.1) is 0 Å². The zero-order valence-electron chi connectivity index (χ0n) is 21.9. The summed E-state index contributed by atoms with van der Waals surface area (Å²) in [4.78, 5) is 0. The lowest BCUT2D eigenvalue weighted by Crippen LogP contribution is -1.88. The van der Waals surface area contributed by atoms with Crippen LogP contribution in [0.4, 0.5) is 0 Å². The standard InChI is InChI=1S/C36H40/c1-2-3-4-5-6-7-8-9-10-12-15-28-18-19-31-24-36-27-34-23-30(29-16-13-11-14-17-29)20-21-32(34)25-35(36)26-33(31)22-28/h11,13-14,16-27H,2-10,12,15H2,1H3. The summed E-state index contributed by atoms with van der Waals surface area (Å²) in [6.07, 6.45) is 15.2. The smallest absolute Gasteiger partial charge is 0.0171 e. The van der Waals surface area contributed by atoms with Crippen molar-refractivity contribution >= 4 is 32.3 Å². The van der Waals surface area contributed by atoms with E-state index in [4.69, 9.17) is 0 Å². The third kappa shape index (κ3) is 6.16. The molecule has 0 N–H and O–H groups in total. The lowest BCUT2D eigenvalue weighted by Gasteiger charge is -2.09. The fourth-order valence-corrected chi connectivity index (χ4v) is 5.58. The monoisotopic (exact) mass is 472 g/mol. The van der Waals surface area contributed by atoms with Crippen molar-refractivity contribution in [3.63, 3.8) is 0 Å². The van der Waals surface area contributed by atoms with E-state index in [1.165, 1.54) is 120 Å². The minimum Gasteiger partial charge on any atom is -0.0654 e. The third-order valence-corrected chi connectivity index (χ3v) is 7.74. The number of unbranched alkanes of at least 4 members (excludes halogenated alkanes) is 9. The minimum atomic E-state index is 1.20. The summed E-state index contributed by atoms with van der Waals surface area (Å²) in [5.41, 5.74) is 4.03. The van der Waals surface area contributed by atoms with Gasteiger partial charge in [-0.25, -0.2) is 0 Å². The molecule has 0 spiro atoms. The van der Waals surface area contributed by atoms with Gasteiger partial charge in [-0.05, 0) is 92.2 Å². The number of aryl methyl sites for hydroxylation is 1. The van der Waals surface area contributed by atoms with Crippen molar-refractivity contribution in [1.29, 1.82) is 0 Å². The van der Waals surface area contributed by atoms with Crippen LogP contribution in [0.3, 0.4) is 0 Å². The summed E-state index contributed by atoms with van der Waals surface area (Å²) in [7, 11) is 0. The van der Waals surface area contributed by atoms with Crippen LogP contribution in [0.15, 0.2) is 91.0 Å². The van der Waals surface area contributed by atoms with Gasteiger partial charge in [0, 0.05) is 0 Å². The van der Waals surface area contributed by atoms with Crippen LogP contribution in [0.2, 0.25) is 0 Å². The maximum Gasteiger partial charge on any atom is -0.0171 e. The quantitative estimate of drug-likeness (QED) is 0.125. The molecular formula is C36H40. The van der Waals surface area contributed by atoms with Gasteiger partial charge in [0.15, 0.2) is 0 Å². The van der Waals surface area contributed by atoms with E-state index in [-0.39, 0.29) is 0 Å². The van der Waals surface area contributed by atoms with Crippen LogP contribution in [0, 0.1) is 0 Å². The first kappa shape index (κ1) is 24.6. The molecule has 5 aromatic carbocycles. The Kier molecular flexibility index (Phi) is 8.34. The molecule has 0 aliphatic rings. The van der Waals surface area contributed by atoms with Crippen LogP contribution < -0.4 is 0 Å². The zero-order valence-corrected chi connectivity index (χ0v) is 21.9. The number of hydrogen-bond donors (Lipinski definition) is 0. The fourth-order valence-electron chi connectivity index (χ4n) is 5.58. The summed E-state index contributed by atoms with van der Waals surface area (Å²) < 4.78 is 0. The third-order valence-electron chi connectivity index (χ3n) is 7.74. The van der Waals surface area contributed by atoms with Gasteiger partial charge in [0.25, 0.3) is 0 Å². The highest BCUT2D eigenvalue weighted by molar-refractivity contribution is 6.05. The Labute approximate surface area is 217 Å². The van der Waals surface area contributed by atoms with E-state index in [9.17, 15) is 0 Å². The van der Waals surface area contributed by atoms with Crippen molar-refractivity contribution < 1.29 is 0 Å². The maximum absolute atomic E-state index is 2.42. The van der Waals surface area contributed by atoms with E-state index in [2.05, 4.69) is 97.9 Å². The molecule has 0 bridgehead atoms. The van der Waals surface area contributed by atoms with Crippen LogP contribution >= 0.6 is 0 Å². The molecule has 5 rings (SSSR count). The van der Waals surface area contributed by atoms with Crippen LogP contribution in [-0.4, -0.2) is 0 Å². The Morgan fingerprint density at radius 1 is 0.389 bits per heavy atom. The number of rotatable bonds is 12. The maximum atomic E-state index is 2.42. The average Bonchev–Trinajstić information content (AvgIpc) is 2.92. The van der Waals surface area contributed by atoms with Gasteiger partial charge in [0.1, 0.15) is 0 Å². The van der Waals surface area contributed by atoms with E-state index in [1.807, 2.05) is 0 Å². The molecule has 0 saturated heterocycles. The van der Waals surface area contributed by atoms with Crippen molar-refractivity contribution in [2.75, 3.05) is 0 Å². The molecule has 0 radical (unpaired) electrons. The predicted molar refractivity (Wildman–Crippen MR) is 160 cm³/mol. The number of hydrogen-bond acceptors (Lipinski definition) is 0. The second kappa shape index (κ2) is 12.2. The molecule has 0 aliphatic heterocycles. The Hall–Kier alpha value is -3.12. The molecule has 0 unspecified atom stereocenters. The van der Waals surface area contributed by atoms with Gasteiger partial charge in [-0.2, -0.15) is 0 Å². The Morgan fingerprint density at radius 3 is 1.58 bits per heavy atom. The SMILES string of the molecule is CCCCCCCCCCCCc1ccc2cc3cc4cc(-c5ccccc5)ccc4cc3cc2c1. The summed E-state index contributed by atoms with van der Waals surface area (Å²) >= 11 is 0. The number of benzene rings is 5. The largest absolute Gasteiger partial charge is 0.0654 e. The van der Waals surface area contributed by atoms with E-state index >= 15 is 0 Å². The van der Waals surface area contributed by atoms with Crippen molar-refractivity contribution in [3.8, 4) is 11.1 Å². The summed E-state index contributed by atoms with van der Waals surface area (Å²) in [5.74, 6) is 0. The van der Waals surface area contributed by atoms with Crippen molar-refractivity contribution in [2.45, 2.75) is 77.6 Å². The van der Waals surface area contributed by atoms with E-state index < -0.39 is 0 Å². The molecule has 0 saturated carbocycles. The molecule has 184 valence electrons. The molecule has 0 fully saturated rings. The second-order valence-electron chi connectivity index (χ2n) is 10.6. The lowest BCUT2D eigenvalue weighted by atomic mass is 9.95. The van der Waals surface area contributed by atoms with Gasteiger partial charge >= 0.3 is 0 Å². The number of fused-ring (bicyclic) bond motifs is 3. The highest BCUT2D eigenvalue weighted by atomic mass is 14.1. The first-order valence-electron chi connectivity index (χ1n) is 14.3. The van der Waals surface area contributed by atoms with Crippen molar-refractivity contribution in [3.05, 3.63) is 96.6 Å². The first-order chi connectivity index (χ1) is 17.8. The molecule has 0 nitrogen and oxygen atoms in total. The Bertz CT molecular complexity index is 1410. The fraction of sp³-hybridized carbons (Fsp3) is 0.333. The molecule has 0 amide bonds. The lowest BCUT2D eigenvalue weighted by molar-refractivity contribution is 0.556. The molecular weight excluding hydrogens is 432 g/mol. The van der Waals surface area contributed by atoms with E-state index in [0.717, 1.165) is 0 Å². The zero-order chi connectivity index (χ0) is 24.6. The van der Waals surface area contributed by atoms with Crippen molar-refractivity contribution in [1.82, 2.24) is 0 Å². The van der Waals surface area contributed by atoms with Gasteiger partial charge in [0.05, 0.1) is 0 Å². The molecule has 0 heteroatoms. The van der Waals surface area contributed by atoms with Crippen molar-refractivity contribution in [2.24, 2.45) is 0 Å². The molecule has 0 aliphatic carbocycles. The summed E-state index contributed by atoms with van der Waals surface area (Å²) in [6.45, 7) is 2.29. The highest BCUT2D eigenvalue weighted by Crippen LogP contribution is 2.31. The molecule has 0 atom stereocenters. The topological polar surface area (TPSA) is 0 Å². The molecule has 0 heterocycles. The van der Waals surface area contributed by atoms with Gasteiger partial charge in [-0.1, -0.05) is 125 Å². The molecule has 36 heavy (non-hydrogen) atoms. The highest BCUT2D eigenvalue weighted by Gasteiger charge is 2.05. The second-order valence-corrected chi connectivity index (χ2v) is 10.6. The van der Waals surface area contributed by atoms with Gasteiger partial charge in [-0.3, -0.25) is 0 Å².